The molecule has 1 unspecified atom stereocenters. The fraction of sp³-hybridized carbons (Fsp3) is 0.308. The highest BCUT2D eigenvalue weighted by atomic mass is 16.5. The second-order valence-electron chi connectivity index (χ2n) is 8.67. The second-order valence-corrected chi connectivity index (χ2v) is 8.67. The summed E-state index contributed by atoms with van der Waals surface area (Å²) in [5, 5.41) is 18.0. The fourth-order valence-electron chi connectivity index (χ4n) is 4.67. The van der Waals surface area contributed by atoms with Crippen LogP contribution in [0.4, 0.5) is 11.5 Å². The molecule has 2 aromatic carbocycles. The zero-order valence-electron chi connectivity index (χ0n) is 19.7. The third-order valence-corrected chi connectivity index (χ3v) is 6.41. The van der Waals surface area contributed by atoms with Gasteiger partial charge in [-0.1, -0.05) is 24.3 Å². The van der Waals surface area contributed by atoms with Gasteiger partial charge < -0.3 is 15.0 Å². The fourth-order valence-corrected chi connectivity index (χ4v) is 4.67. The van der Waals surface area contributed by atoms with Crippen molar-refractivity contribution in [2.45, 2.75) is 26.7 Å². The van der Waals surface area contributed by atoms with E-state index in [9.17, 15) is 4.79 Å². The molecule has 1 aliphatic rings. The lowest BCUT2D eigenvalue weighted by Gasteiger charge is -2.32. The number of hydrogen-bond donors (Lipinski definition) is 1. The number of hydrogen-bond acceptors (Lipinski definition) is 6. The molecular weight excluding hydrogens is 428 g/mol. The van der Waals surface area contributed by atoms with Crippen LogP contribution in [0, 0.1) is 19.8 Å². The number of anilines is 2. The summed E-state index contributed by atoms with van der Waals surface area (Å²) in [4.78, 5) is 15.2. The van der Waals surface area contributed by atoms with Gasteiger partial charge in [0.25, 0.3) is 0 Å². The van der Waals surface area contributed by atoms with Gasteiger partial charge in [-0.25, -0.2) is 4.68 Å². The van der Waals surface area contributed by atoms with Crippen molar-refractivity contribution in [3.05, 3.63) is 66.0 Å². The molecule has 0 bridgehead atoms. The molecule has 0 radical (unpaired) electrons. The maximum Gasteiger partial charge on any atom is 0.229 e. The lowest BCUT2D eigenvalue weighted by Crippen LogP contribution is -2.41. The number of piperidine rings is 1. The predicted molar refractivity (Wildman–Crippen MR) is 133 cm³/mol. The van der Waals surface area contributed by atoms with Crippen LogP contribution in [-0.4, -0.2) is 46.1 Å². The Morgan fingerprint density at radius 3 is 2.71 bits per heavy atom. The van der Waals surface area contributed by atoms with E-state index in [1.165, 1.54) is 0 Å². The van der Waals surface area contributed by atoms with Gasteiger partial charge >= 0.3 is 0 Å². The Balaban J connectivity index is 1.43. The summed E-state index contributed by atoms with van der Waals surface area (Å²) < 4.78 is 7.21. The van der Waals surface area contributed by atoms with Crippen molar-refractivity contribution in [3.63, 3.8) is 0 Å². The van der Waals surface area contributed by atoms with Crippen LogP contribution >= 0.6 is 0 Å². The number of carbonyl (C=O) groups is 1. The van der Waals surface area contributed by atoms with Crippen molar-refractivity contribution < 1.29 is 9.53 Å². The maximum atomic E-state index is 13.1. The van der Waals surface area contributed by atoms with E-state index >= 15 is 0 Å². The van der Waals surface area contributed by atoms with Crippen LogP contribution < -0.4 is 15.0 Å². The third kappa shape index (κ3) is 4.07. The molecule has 5 rings (SSSR count). The van der Waals surface area contributed by atoms with Crippen LogP contribution in [0.1, 0.15) is 24.2 Å². The number of aryl methyl sites for hydroxylation is 2. The minimum absolute atomic E-state index is 0.000244. The van der Waals surface area contributed by atoms with Crippen LogP contribution in [0.5, 0.6) is 5.75 Å². The number of nitrogens with zero attached hydrogens (tertiary/aromatic N) is 5. The van der Waals surface area contributed by atoms with Crippen molar-refractivity contribution in [1.29, 1.82) is 0 Å². The summed E-state index contributed by atoms with van der Waals surface area (Å²) in [6.45, 7) is 5.40. The average molecular weight is 457 g/mol. The Hall–Kier alpha value is -3.94. The highest BCUT2D eigenvalue weighted by Gasteiger charge is 2.29. The van der Waals surface area contributed by atoms with E-state index in [-0.39, 0.29) is 11.8 Å². The van der Waals surface area contributed by atoms with Crippen LogP contribution in [0.25, 0.3) is 16.6 Å². The van der Waals surface area contributed by atoms with E-state index in [4.69, 9.17) is 9.84 Å². The molecule has 0 saturated carbocycles. The largest absolute Gasteiger partial charge is 0.497 e. The Bertz CT molecular complexity index is 1330. The van der Waals surface area contributed by atoms with Gasteiger partial charge in [0.2, 0.25) is 5.91 Å². The molecule has 2 aromatic heterocycles. The van der Waals surface area contributed by atoms with Gasteiger partial charge in [0.1, 0.15) is 11.3 Å². The Morgan fingerprint density at radius 2 is 1.91 bits per heavy atom. The first-order valence-electron chi connectivity index (χ1n) is 11.5. The van der Waals surface area contributed by atoms with Gasteiger partial charge in [-0.15, -0.1) is 5.10 Å². The highest BCUT2D eigenvalue weighted by Crippen LogP contribution is 2.32. The molecule has 8 nitrogen and oxygen atoms in total. The molecule has 34 heavy (non-hydrogen) atoms. The number of aromatic nitrogens is 4. The van der Waals surface area contributed by atoms with Crippen LogP contribution in [0.15, 0.2) is 54.6 Å². The van der Waals surface area contributed by atoms with Crippen molar-refractivity contribution in [2.24, 2.45) is 5.92 Å². The van der Waals surface area contributed by atoms with Crippen LogP contribution in [0.3, 0.4) is 0 Å². The van der Waals surface area contributed by atoms with E-state index in [0.717, 1.165) is 58.9 Å². The standard InChI is InChI=1S/C26H28N6O2/c1-17-23-18(2)32(21-11-5-4-6-12-21)30-24(23)25(29-28-17)31-14-8-9-19(16-31)26(33)27-20-10-7-13-22(15-20)34-3/h4-7,10-13,15,19H,8-9,14,16H2,1-3H3,(H,27,33). The third-order valence-electron chi connectivity index (χ3n) is 6.41. The van der Waals surface area contributed by atoms with Crippen LogP contribution in [-0.2, 0) is 4.79 Å². The second kappa shape index (κ2) is 9.13. The summed E-state index contributed by atoms with van der Waals surface area (Å²) in [6, 6.07) is 17.5. The van der Waals surface area contributed by atoms with E-state index in [2.05, 4.69) is 27.3 Å². The minimum Gasteiger partial charge on any atom is -0.497 e. The summed E-state index contributed by atoms with van der Waals surface area (Å²) in [5.41, 5.74) is 4.43. The van der Waals surface area contributed by atoms with E-state index in [0.29, 0.717) is 12.3 Å². The molecule has 174 valence electrons. The van der Waals surface area contributed by atoms with E-state index in [1.807, 2.05) is 66.2 Å². The number of ether oxygens (including phenoxy) is 1. The molecule has 8 heteroatoms. The molecule has 1 aliphatic heterocycles. The summed E-state index contributed by atoms with van der Waals surface area (Å²) in [6.07, 6.45) is 1.72. The van der Waals surface area contributed by atoms with Gasteiger partial charge in [0, 0.05) is 24.8 Å². The zero-order chi connectivity index (χ0) is 23.7. The molecule has 1 amide bonds. The molecule has 0 aliphatic carbocycles. The molecule has 1 saturated heterocycles. The number of carbonyl (C=O) groups excluding carboxylic acids is 1. The first-order valence-corrected chi connectivity index (χ1v) is 11.5. The highest BCUT2D eigenvalue weighted by molar-refractivity contribution is 5.95. The van der Waals surface area contributed by atoms with Gasteiger partial charge in [0.05, 0.1) is 35.5 Å². The molecule has 1 fully saturated rings. The number of rotatable bonds is 5. The molecule has 4 aromatic rings. The molecule has 0 spiro atoms. The first-order chi connectivity index (χ1) is 16.5. The SMILES string of the molecule is COc1cccc(NC(=O)C2CCCN(c3nnc(C)c4c(C)n(-c5ccccc5)nc34)C2)c1. The first kappa shape index (κ1) is 21.9. The number of para-hydroxylation sites is 1. The monoisotopic (exact) mass is 456 g/mol. The molecule has 1 N–H and O–H groups in total. The van der Waals surface area contributed by atoms with Crippen molar-refractivity contribution in [3.8, 4) is 11.4 Å². The number of methoxy groups -OCH3 is 1. The molecule has 3 heterocycles. The summed E-state index contributed by atoms with van der Waals surface area (Å²) >= 11 is 0. The molecular formula is C26H28N6O2. The smallest absolute Gasteiger partial charge is 0.229 e. The maximum absolute atomic E-state index is 13.1. The minimum atomic E-state index is -0.157. The molecule has 1 atom stereocenters. The number of benzene rings is 2. The normalized spacial score (nSPS) is 16.0. The van der Waals surface area contributed by atoms with E-state index in [1.54, 1.807) is 7.11 Å². The lowest BCUT2D eigenvalue weighted by molar-refractivity contribution is -0.120. The average Bonchev–Trinajstić information content (AvgIpc) is 3.23. The Kier molecular flexibility index (Phi) is 5.88. The van der Waals surface area contributed by atoms with Gasteiger partial charge in [-0.2, -0.15) is 10.2 Å². The Morgan fingerprint density at radius 1 is 1.09 bits per heavy atom. The van der Waals surface area contributed by atoms with Crippen molar-refractivity contribution in [2.75, 3.05) is 30.4 Å². The van der Waals surface area contributed by atoms with Crippen molar-refractivity contribution >= 4 is 28.3 Å². The number of nitrogens with one attached hydrogen (secondary N) is 1. The summed E-state index contributed by atoms with van der Waals surface area (Å²) in [5.74, 6) is 1.29. The van der Waals surface area contributed by atoms with Gasteiger partial charge in [0.15, 0.2) is 5.82 Å². The zero-order valence-corrected chi connectivity index (χ0v) is 19.7. The van der Waals surface area contributed by atoms with Crippen LogP contribution in [0.2, 0.25) is 0 Å². The summed E-state index contributed by atoms with van der Waals surface area (Å²) in [7, 11) is 1.62. The van der Waals surface area contributed by atoms with Gasteiger partial charge in [-0.3, -0.25) is 4.79 Å². The lowest BCUT2D eigenvalue weighted by atomic mass is 9.97. The quantitative estimate of drug-likeness (QED) is 0.482. The Labute approximate surface area is 198 Å². The van der Waals surface area contributed by atoms with Crippen molar-refractivity contribution in [1.82, 2.24) is 20.0 Å². The predicted octanol–water partition coefficient (Wildman–Crippen LogP) is 4.30. The van der Waals surface area contributed by atoms with E-state index < -0.39 is 0 Å². The number of fused-ring (bicyclic) bond motifs is 1. The number of amides is 1. The topological polar surface area (TPSA) is 85.2 Å². The van der Waals surface area contributed by atoms with Gasteiger partial charge in [-0.05, 0) is 51.0 Å².